The lowest BCUT2D eigenvalue weighted by molar-refractivity contribution is -0.137. The van der Waals surface area contributed by atoms with Crippen LogP contribution in [-0.4, -0.2) is 37.2 Å². The number of aromatic carboxylic acids is 1. The minimum atomic E-state index is -4.84. The molecule has 9 nitrogen and oxygen atoms in total. The molecule has 0 amide bonds. The highest BCUT2D eigenvalue weighted by Crippen LogP contribution is 2.42. The molecule has 48 heavy (non-hydrogen) atoms. The number of fused-ring (bicyclic) bond motifs is 2. The fourth-order valence-electron chi connectivity index (χ4n) is 5.66. The van der Waals surface area contributed by atoms with Crippen LogP contribution in [0.5, 0.6) is 5.75 Å². The second-order valence-corrected chi connectivity index (χ2v) is 12.2. The molecule has 0 saturated heterocycles. The third-order valence-electron chi connectivity index (χ3n) is 7.73. The Morgan fingerprint density at radius 2 is 1.85 bits per heavy atom. The summed E-state index contributed by atoms with van der Waals surface area (Å²) in [6.07, 6.45) is -3.50. The van der Waals surface area contributed by atoms with E-state index in [0.717, 1.165) is 6.07 Å². The number of halogens is 4. The number of pyridine rings is 2. The van der Waals surface area contributed by atoms with Gasteiger partial charge in [0.15, 0.2) is 0 Å². The summed E-state index contributed by atoms with van der Waals surface area (Å²) in [7, 11) is 0. The molecule has 0 spiro atoms. The Balaban J connectivity index is 1.42. The molecule has 0 fully saturated rings. The normalized spacial score (nSPS) is 11.6. The number of thiophene rings is 1. The van der Waals surface area contributed by atoms with Crippen molar-refractivity contribution in [1.82, 2.24) is 19.5 Å². The van der Waals surface area contributed by atoms with E-state index in [1.807, 2.05) is 6.07 Å². The third kappa shape index (κ3) is 5.85. The molecule has 1 N–H and O–H groups in total. The van der Waals surface area contributed by atoms with Gasteiger partial charge in [0.05, 0.1) is 44.4 Å². The van der Waals surface area contributed by atoms with Crippen LogP contribution in [0.3, 0.4) is 0 Å². The number of aromatic nitrogens is 4. The van der Waals surface area contributed by atoms with Crippen LogP contribution in [0.2, 0.25) is 5.02 Å². The van der Waals surface area contributed by atoms with E-state index in [2.05, 4.69) is 15.0 Å². The SMILES string of the molecule is Cc1cc(-c2c(C(F)(F)F)cc3nc(C)n(CCOc4ccc(Cl)cc4-c4cc(C)nc5c(C(=O)O)csc45)c(=O)c3c2C#N)ccn1. The zero-order valence-corrected chi connectivity index (χ0v) is 27.0. The van der Waals surface area contributed by atoms with Crippen LogP contribution in [0, 0.1) is 32.1 Å². The van der Waals surface area contributed by atoms with Gasteiger partial charge in [-0.05, 0) is 68.8 Å². The summed E-state index contributed by atoms with van der Waals surface area (Å²) in [5.41, 5.74) is -0.129. The van der Waals surface area contributed by atoms with Crippen molar-refractivity contribution < 1.29 is 27.8 Å². The first-order valence-electron chi connectivity index (χ1n) is 14.3. The van der Waals surface area contributed by atoms with Gasteiger partial charge < -0.3 is 9.84 Å². The third-order valence-corrected chi connectivity index (χ3v) is 8.96. The summed E-state index contributed by atoms with van der Waals surface area (Å²) in [4.78, 5) is 38.5. The maximum absolute atomic E-state index is 14.3. The second-order valence-electron chi connectivity index (χ2n) is 10.9. The van der Waals surface area contributed by atoms with Crippen molar-refractivity contribution in [1.29, 1.82) is 5.26 Å². The lowest BCUT2D eigenvalue weighted by Crippen LogP contribution is -2.27. The molecule has 0 aliphatic heterocycles. The van der Waals surface area contributed by atoms with Crippen molar-refractivity contribution in [3.63, 3.8) is 0 Å². The zero-order chi connectivity index (χ0) is 34.5. The minimum Gasteiger partial charge on any atom is -0.491 e. The van der Waals surface area contributed by atoms with Crippen LogP contribution in [0.1, 0.15) is 38.7 Å². The maximum atomic E-state index is 14.3. The fourth-order valence-corrected chi connectivity index (χ4v) is 6.85. The van der Waals surface area contributed by atoms with Crippen molar-refractivity contribution in [2.75, 3.05) is 6.61 Å². The first-order valence-corrected chi connectivity index (χ1v) is 15.6. The quantitative estimate of drug-likeness (QED) is 0.179. The molecule has 0 atom stereocenters. The van der Waals surface area contributed by atoms with E-state index in [0.29, 0.717) is 43.5 Å². The molecule has 4 aromatic heterocycles. The van der Waals surface area contributed by atoms with Gasteiger partial charge in [-0.3, -0.25) is 19.3 Å². The number of carboxylic acids is 1. The van der Waals surface area contributed by atoms with Crippen molar-refractivity contribution in [3.8, 4) is 34.1 Å². The number of hydrogen-bond acceptors (Lipinski definition) is 8. The second kappa shape index (κ2) is 12.4. The first kappa shape index (κ1) is 32.6. The zero-order valence-electron chi connectivity index (χ0n) is 25.4. The Morgan fingerprint density at radius 1 is 1.08 bits per heavy atom. The molecule has 0 aliphatic carbocycles. The van der Waals surface area contributed by atoms with E-state index in [4.69, 9.17) is 16.3 Å². The summed E-state index contributed by atoms with van der Waals surface area (Å²) >= 11 is 7.58. The predicted octanol–water partition coefficient (Wildman–Crippen LogP) is 7.98. The van der Waals surface area contributed by atoms with Gasteiger partial charge in [-0.25, -0.2) is 9.78 Å². The Bertz CT molecular complexity index is 2400. The lowest BCUT2D eigenvalue weighted by Gasteiger charge is -2.18. The number of nitriles is 1. The molecule has 0 aliphatic rings. The van der Waals surface area contributed by atoms with Crippen molar-refractivity contribution in [3.05, 3.63) is 103 Å². The molecule has 4 heterocycles. The summed E-state index contributed by atoms with van der Waals surface area (Å²) in [5, 5.41) is 21.5. The Morgan fingerprint density at radius 3 is 2.54 bits per heavy atom. The smallest absolute Gasteiger partial charge is 0.417 e. The highest BCUT2D eigenvalue weighted by atomic mass is 35.5. The predicted molar refractivity (Wildman–Crippen MR) is 176 cm³/mol. The Hall–Kier alpha value is -5.32. The maximum Gasteiger partial charge on any atom is 0.417 e. The summed E-state index contributed by atoms with van der Waals surface area (Å²) in [6, 6.07) is 12.2. The van der Waals surface area contributed by atoms with E-state index in [1.165, 1.54) is 46.5 Å². The fraction of sp³-hybridized carbons (Fsp3) is 0.176. The van der Waals surface area contributed by atoms with E-state index in [-0.39, 0.29) is 41.0 Å². The lowest BCUT2D eigenvalue weighted by atomic mass is 9.91. The standard InChI is InChI=1S/C34H23ClF3N5O4S/c1-16-10-19(6-7-40-16)28-23(14-39)29-26(13-25(28)34(36,37)38)42-18(3)43(32(29)44)8-9-47-27-5-4-20(35)12-21(27)22-11-17(2)41-30-24(33(45)46)15-48-31(22)30/h4-7,10-13,15H,8-9H2,1-3H3,(H,45,46). The van der Waals surface area contributed by atoms with Crippen LogP contribution in [-0.2, 0) is 12.7 Å². The number of benzene rings is 2. The molecule has 14 heteroatoms. The van der Waals surface area contributed by atoms with Crippen LogP contribution in [0.25, 0.3) is 43.4 Å². The summed E-state index contributed by atoms with van der Waals surface area (Å²) in [6.45, 7) is 4.72. The average Bonchev–Trinajstić information content (AvgIpc) is 3.45. The van der Waals surface area contributed by atoms with Gasteiger partial charge in [0, 0.05) is 44.7 Å². The molecule has 242 valence electrons. The monoisotopic (exact) mass is 689 g/mol. The number of ether oxygens (including phenoxy) is 1. The number of nitrogens with zero attached hydrogens (tertiary/aromatic N) is 5. The van der Waals surface area contributed by atoms with Gasteiger partial charge in [-0.1, -0.05) is 11.6 Å². The van der Waals surface area contributed by atoms with Gasteiger partial charge in [-0.15, -0.1) is 11.3 Å². The first-order chi connectivity index (χ1) is 22.8. The van der Waals surface area contributed by atoms with Crippen molar-refractivity contribution in [2.45, 2.75) is 33.5 Å². The average molecular weight is 690 g/mol. The number of hydrogen-bond donors (Lipinski definition) is 1. The molecule has 0 bridgehead atoms. The van der Waals surface area contributed by atoms with Crippen molar-refractivity contribution >= 4 is 50.0 Å². The molecular weight excluding hydrogens is 667 g/mol. The molecule has 0 unspecified atom stereocenters. The molecule has 0 radical (unpaired) electrons. The van der Waals surface area contributed by atoms with Gasteiger partial charge in [-0.2, -0.15) is 18.4 Å². The van der Waals surface area contributed by atoms with Crippen LogP contribution >= 0.6 is 22.9 Å². The number of rotatable bonds is 7. The number of carbonyl (C=O) groups is 1. The van der Waals surface area contributed by atoms with Gasteiger partial charge in [0.25, 0.3) is 5.56 Å². The number of alkyl halides is 3. The topological polar surface area (TPSA) is 131 Å². The van der Waals surface area contributed by atoms with Crippen LogP contribution in [0.15, 0.2) is 58.8 Å². The summed E-state index contributed by atoms with van der Waals surface area (Å²) in [5.74, 6) is -0.586. The minimum absolute atomic E-state index is 0.0573. The van der Waals surface area contributed by atoms with Gasteiger partial charge >= 0.3 is 12.1 Å². The molecule has 0 saturated carbocycles. The Kier molecular flexibility index (Phi) is 8.40. The molecule has 6 aromatic rings. The van der Waals surface area contributed by atoms with Crippen molar-refractivity contribution in [2.24, 2.45) is 0 Å². The van der Waals surface area contributed by atoms with E-state index >= 15 is 0 Å². The molecular formula is C34H23ClF3N5O4S. The van der Waals surface area contributed by atoms with E-state index in [9.17, 15) is 33.1 Å². The van der Waals surface area contributed by atoms with Crippen LogP contribution < -0.4 is 10.3 Å². The largest absolute Gasteiger partial charge is 0.491 e. The van der Waals surface area contributed by atoms with Gasteiger partial charge in [0.1, 0.15) is 24.3 Å². The van der Waals surface area contributed by atoms with E-state index in [1.54, 1.807) is 38.1 Å². The highest BCUT2D eigenvalue weighted by Gasteiger charge is 2.37. The number of aryl methyl sites for hydroxylation is 3. The molecule has 6 rings (SSSR count). The summed E-state index contributed by atoms with van der Waals surface area (Å²) < 4.78 is 51.0. The van der Waals surface area contributed by atoms with Gasteiger partial charge in [0.2, 0.25) is 0 Å². The van der Waals surface area contributed by atoms with Crippen LogP contribution in [0.4, 0.5) is 13.2 Å². The highest BCUT2D eigenvalue weighted by molar-refractivity contribution is 7.18. The number of carboxylic acid groups (broad SMARTS) is 1. The Labute approximate surface area is 279 Å². The van der Waals surface area contributed by atoms with E-state index < -0.39 is 34.4 Å². The molecule has 2 aromatic carbocycles.